The van der Waals surface area contributed by atoms with E-state index >= 15 is 0 Å². The van der Waals surface area contributed by atoms with Gasteiger partial charge in [0.15, 0.2) is 5.78 Å². The molecule has 3 rings (SSSR count). The Morgan fingerprint density at radius 1 is 0.842 bits per heavy atom. The van der Waals surface area contributed by atoms with Gasteiger partial charge in [-0.15, -0.1) is 0 Å². The second-order valence-corrected chi connectivity index (χ2v) is 6.03. The van der Waals surface area contributed by atoms with Gasteiger partial charge in [0.1, 0.15) is 5.82 Å². The van der Waals surface area contributed by atoms with Crippen LogP contribution >= 0.6 is 0 Å². The minimum Gasteiger partial charge on any atom is -0.289 e. The van der Waals surface area contributed by atoms with Crippen LogP contribution in [0.15, 0.2) is 36.4 Å². The van der Waals surface area contributed by atoms with Crippen LogP contribution in [0, 0.1) is 5.82 Å². The van der Waals surface area contributed by atoms with Crippen molar-refractivity contribution >= 4 is 5.78 Å². The zero-order valence-corrected chi connectivity index (χ0v) is 11.3. The molecule has 0 saturated carbocycles. The standard InChI is InChI=1S/C17H15FO/c1-17(2,3)10-4-6-12-13-7-5-11(18)9-15(13)16(19)14(12)8-10/h4-9H,1-3H3. The highest BCUT2D eigenvalue weighted by molar-refractivity contribution is 6.21. The van der Waals surface area contributed by atoms with Crippen molar-refractivity contribution < 1.29 is 9.18 Å². The third kappa shape index (κ3) is 1.79. The van der Waals surface area contributed by atoms with Crippen molar-refractivity contribution in [2.24, 2.45) is 0 Å². The lowest BCUT2D eigenvalue weighted by molar-refractivity contribution is 0.104. The molecule has 0 radical (unpaired) electrons. The number of benzene rings is 2. The summed E-state index contributed by atoms with van der Waals surface area (Å²) in [6.45, 7) is 6.34. The Kier molecular flexibility index (Phi) is 2.40. The maximum absolute atomic E-state index is 13.3. The molecule has 1 aliphatic rings. The Bertz CT molecular complexity index is 693. The molecule has 0 N–H and O–H groups in total. The molecule has 0 heterocycles. The Labute approximate surface area is 112 Å². The van der Waals surface area contributed by atoms with Gasteiger partial charge in [-0.25, -0.2) is 4.39 Å². The van der Waals surface area contributed by atoms with Gasteiger partial charge in [0, 0.05) is 11.1 Å². The van der Waals surface area contributed by atoms with E-state index in [1.54, 1.807) is 6.07 Å². The molecule has 19 heavy (non-hydrogen) atoms. The van der Waals surface area contributed by atoms with Crippen LogP contribution in [0.5, 0.6) is 0 Å². The second-order valence-electron chi connectivity index (χ2n) is 6.03. The van der Waals surface area contributed by atoms with Crippen LogP contribution in [0.2, 0.25) is 0 Å². The van der Waals surface area contributed by atoms with Crippen LogP contribution in [0.3, 0.4) is 0 Å². The largest absolute Gasteiger partial charge is 0.289 e. The molecule has 1 aliphatic carbocycles. The molecule has 0 unspecified atom stereocenters. The van der Waals surface area contributed by atoms with Crippen LogP contribution in [-0.4, -0.2) is 5.78 Å². The normalized spacial score (nSPS) is 13.4. The van der Waals surface area contributed by atoms with Crippen LogP contribution in [0.1, 0.15) is 42.3 Å². The number of hydrogen-bond donors (Lipinski definition) is 0. The van der Waals surface area contributed by atoms with Gasteiger partial charge in [0.25, 0.3) is 0 Å². The summed E-state index contributed by atoms with van der Waals surface area (Å²) in [5.74, 6) is -0.438. The molecule has 0 saturated heterocycles. The highest BCUT2D eigenvalue weighted by Gasteiger charge is 2.28. The highest BCUT2D eigenvalue weighted by atomic mass is 19.1. The minimum absolute atomic E-state index is 0.00463. The number of rotatable bonds is 0. The van der Waals surface area contributed by atoms with Crippen molar-refractivity contribution in [3.8, 4) is 11.1 Å². The van der Waals surface area contributed by atoms with Gasteiger partial charge < -0.3 is 0 Å². The van der Waals surface area contributed by atoms with Crippen LogP contribution in [0.25, 0.3) is 11.1 Å². The molecule has 0 atom stereocenters. The van der Waals surface area contributed by atoms with Crippen molar-refractivity contribution in [3.63, 3.8) is 0 Å². The van der Waals surface area contributed by atoms with Crippen molar-refractivity contribution in [1.29, 1.82) is 0 Å². The van der Waals surface area contributed by atoms with Crippen LogP contribution in [-0.2, 0) is 5.41 Å². The molecule has 0 aromatic heterocycles. The Morgan fingerprint density at radius 2 is 1.42 bits per heavy atom. The zero-order chi connectivity index (χ0) is 13.8. The van der Waals surface area contributed by atoms with Gasteiger partial charge in [-0.3, -0.25) is 4.79 Å². The average molecular weight is 254 g/mol. The SMILES string of the molecule is CC(C)(C)c1ccc2c(c1)C(=O)c1cc(F)ccc1-2. The van der Waals surface area contributed by atoms with Gasteiger partial charge in [-0.2, -0.15) is 0 Å². The minimum atomic E-state index is -0.365. The maximum Gasteiger partial charge on any atom is 0.194 e. The summed E-state index contributed by atoms with van der Waals surface area (Å²) >= 11 is 0. The molecule has 2 heteroatoms. The van der Waals surface area contributed by atoms with E-state index in [-0.39, 0.29) is 17.0 Å². The lowest BCUT2D eigenvalue weighted by Crippen LogP contribution is -2.11. The molecular formula is C17H15FO. The second kappa shape index (κ2) is 3.77. The Balaban J connectivity index is 2.22. The molecule has 0 aliphatic heterocycles. The first-order valence-corrected chi connectivity index (χ1v) is 6.37. The Morgan fingerprint density at radius 3 is 2.05 bits per heavy atom. The third-order valence-corrected chi connectivity index (χ3v) is 3.65. The summed E-state index contributed by atoms with van der Waals surface area (Å²) in [5, 5.41) is 0. The van der Waals surface area contributed by atoms with E-state index in [4.69, 9.17) is 0 Å². The molecule has 1 nitrogen and oxygen atoms in total. The fourth-order valence-corrected chi connectivity index (χ4v) is 2.52. The number of ketones is 1. The first-order valence-electron chi connectivity index (χ1n) is 6.37. The van der Waals surface area contributed by atoms with E-state index in [2.05, 4.69) is 20.8 Å². The molecule has 2 aromatic rings. The average Bonchev–Trinajstić information content (AvgIpc) is 2.62. The number of carbonyl (C=O) groups excluding carboxylic acids is 1. The monoisotopic (exact) mass is 254 g/mol. The van der Waals surface area contributed by atoms with Crippen molar-refractivity contribution in [1.82, 2.24) is 0 Å². The van der Waals surface area contributed by atoms with E-state index in [1.807, 2.05) is 18.2 Å². The fourth-order valence-electron chi connectivity index (χ4n) is 2.52. The number of fused-ring (bicyclic) bond motifs is 3. The van der Waals surface area contributed by atoms with E-state index in [0.717, 1.165) is 16.7 Å². The highest BCUT2D eigenvalue weighted by Crippen LogP contribution is 2.38. The van der Waals surface area contributed by atoms with Gasteiger partial charge in [0.2, 0.25) is 0 Å². The predicted molar refractivity (Wildman–Crippen MR) is 74.0 cm³/mol. The summed E-state index contributed by atoms with van der Waals surface area (Å²) in [4.78, 5) is 12.4. The van der Waals surface area contributed by atoms with Gasteiger partial charge in [-0.1, -0.05) is 39.0 Å². The first kappa shape index (κ1) is 12.1. The zero-order valence-electron chi connectivity index (χ0n) is 11.3. The van der Waals surface area contributed by atoms with E-state index in [9.17, 15) is 9.18 Å². The number of carbonyl (C=O) groups is 1. The van der Waals surface area contributed by atoms with Crippen molar-refractivity contribution in [2.45, 2.75) is 26.2 Å². The lowest BCUT2D eigenvalue weighted by atomic mass is 9.85. The molecule has 2 aromatic carbocycles. The summed E-state index contributed by atoms with van der Waals surface area (Å²) < 4.78 is 13.3. The number of halogens is 1. The summed E-state index contributed by atoms with van der Waals surface area (Å²) in [7, 11) is 0. The smallest absolute Gasteiger partial charge is 0.194 e. The molecule has 0 bridgehead atoms. The lowest BCUT2D eigenvalue weighted by Gasteiger charge is -2.19. The predicted octanol–water partition coefficient (Wildman–Crippen LogP) is 4.33. The third-order valence-electron chi connectivity index (χ3n) is 3.65. The van der Waals surface area contributed by atoms with E-state index in [0.29, 0.717) is 11.1 Å². The van der Waals surface area contributed by atoms with Crippen molar-refractivity contribution in [3.05, 3.63) is 58.9 Å². The van der Waals surface area contributed by atoms with Crippen LogP contribution < -0.4 is 0 Å². The first-order chi connectivity index (χ1) is 8.88. The maximum atomic E-state index is 13.3. The summed E-state index contributed by atoms with van der Waals surface area (Å²) in [6, 6.07) is 10.4. The quantitative estimate of drug-likeness (QED) is 0.583. The molecule has 0 amide bonds. The van der Waals surface area contributed by atoms with E-state index < -0.39 is 0 Å². The van der Waals surface area contributed by atoms with Crippen LogP contribution in [0.4, 0.5) is 4.39 Å². The van der Waals surface area contributed by atoms with Gasteiger partial charge in [-0.05, 0) is 40.3 Å². The van der Waals surface area contributed by atoms with Gasteiger partial charge in [0.05, 0.1) is 0 Å². The number of hydrogen-bond acceptors (Lipinski definition) is 1. The fraction of sp³-hybridized carbons (Fsp3) is 0.235. The molecule has 0 fully saturated rings. The Hall–Kier alpha value is -1.96. The van der Waals surface area contributed by atoms with E-state index in [1.165, 1.54) is 12.1 Å². The van der Waals surface area contributed by atoms with Crippen molar-refractivity contribution in [2.75, 3.05) is 0 Å². The molecule has 0 spiro atoms. The topological polar surface area (TPSA) is 17.1 Å². The van der Waals surface area contributed by atoms with Gasteiger partial charge >= 0.3 is 0 Å². The molecule has 96 valence electrons. The molecular weight excluding hydrogens is 239 g/mol. The summed E-state index contributed by atoms with van der Waals surface area (Å²) in [5.41, 5.74) is 4.02. The summed E-state index contributed by atoms with van der Waals surface area (Å²) in [6.07, 6.45) is 0.